The van der Waals surface area contributed by atoms with Gasteiger partial charge in [0.25, 0.3) is 0 Å². The Labute approximate surface area is 135 Å². The molecule has 4 rings (SSSR count). The topological polar surface area (TPSA) is 40.2 Å². The summed E-state index contributed by atoms with van der Waals surface area (Å²) in [6.07, 6.45) is 0.227. The number of ether oxygens (including phenoxy) is 4. The Hall–Kier alpha value is -0.850. The third-order valence-electron chi connectivity index (χ3n) is 4.64. The number of nitrogens with zero attached hydrogens (tertiary/aromatic N) is 1. The highest BCUT2D eigenvalue weighted by atomic mass is 35.5. The third-order valence-corrected chi connectivity index (χ3v) is 4.86. The molecule has 0 aromatic heterocycles. The highest BCUT2D eigenvalue weighted by Gasteiger charge is 2.47. The summed E-state index contributed by atoms with van der Waals surface area (Å²) < 4.78 is 22.4. The first kappa shape index (κ1) is 14.7. The smallest absolute Gasteiger partial charge is 0.189 e. The van der Waals surface area contributed by atoms with Gasteiger partial charge in [-0.15, -0.1) is 0 Å². The van der Waals surface area contributed by atoms with Crippen molar-refractivity contribution in [3.05, 3.63) is 28.3 Å². The summed E-state index contributed by atoms with van der Waals surface area (Å²) in [5.74, 6) is 0.921. The van der Waals surface area contributed by atoms with Crippen molar-refractivity contribution in [3.63, 3.8) is 0 Å². The number of hydrogen-bond acceptors (Lipinski definition) is 5. The molecule has 1 unspecified atom stereocenters. The summed E-state index contributed by atoms with van der Waals surface area (Å²) in [6.45, 7) is 6.82. The lowest BCUT2D eigenvalue weighted by molar-refractivity contribution is -0.215. The summed E-state index contributed by atoms with van der Waals surface area (Å²) >= 11 is 6.27. The Kier molecular flexibility index (Phi) is 3.78. The zero-order valence-electron chi connectivity index (χ0n) is 12.6. The van der Waals surface area contributed by atoms with Crippen LogP contribution in [0.1, 0.15) is 18.1 Å². The molecule has 0 N–H and O–H groups in total. The first-order valence-electron chi connectivity index (χ1n) is 7.62. The van der Waals surface area contributed by atoms with Crippen LogP contribution in [-0.4, -0.2) is 49.7 Å². The molecule has 1 aromatic carbocycles. The van der Waals surface area contributed by atoms with Gasteiger partial charge in [0.15, 0.2) is 6.79 Å². The molecule has 2 saturated heterocycles. The molecule has 120 valence electrons. The molecule has 5 nitrogen and oxygen atoms in total. The van der Waals surface area contributed by atoms with Gasteiger partial charge in [-0.05, 0) is 19.1 Å². The van der Waals surface area contributed by atoms with Crippen LogP contribution in [0.4, 0.5) is 0 Å². The molecule has 3 aliphatic heterocycles. The van der Waals surface area contributed by atoms with Crippen LogP contribution in [0.2, 0.25) is 5.02 Å². The van der Waals surface area contributed by atoms with Crippen molar-refractivity contribution in [3.8, 4) is 5.75 Å². The van der Waals surface area contributed by atoms with Crippen molar-refractivity contribution in [2.45, 2.75) is 31.7 Å². The van der Waals surface area contributed by atoms with Gasteiger partial charge in [-0.3, -0.25) is 4.90 Å². The fraction of sp³-hybridized carbons (Fsp3) is 0.625. The van der Waals surface area contributed by atoms with Crippen LogP contribution in [0.15, 0.2) is 12.1 Å². The normalized spacial score (nSPS) is 27.1. The summed E-state index contributed by atoms with van der Waals surface area (Å²) in [5, 5.41) is 0.725. The number of hydrogen-bond donors (Lipinski definition) is 0. The van der Waals surface area contributed by atoms with E-state index in [0.29, 0.717) is 13.4 Å². The predicted molar refractivity (Wildman–Crippen MR) is 81.1 cm³/mol. The first-order chi connectivity index (χ1) is 10.7. The Bertz CT molecular complexity index is 576. The van der Waals surface area contributed by atoms with Gasteiger partial charge in [0.2, 0.25) is 0 Å². The molecule has 3 heterocycles. The number of fused-ring (bicyclic) bond motifs is 1. The second-order valence-corrected chi connectivity index (χ2v) is 6.82. The fourth-order valence-corrected chi connectivity index (χ4v) is 3.62. The third kappa shape index (κ3) is 2.51. The zero-order valence-corrected chi connectivity index (χ0v) is 13.4. The second kappa shape index (κ2) is 5.65. The number of rotatable bonds is 2. The second-order valence-electron chi connectivity index (χ2n) is 6.38. The van der Waals surface area contributed by atoms with Crippen molar-refractivity contribution in [2.75, 3.05) is 33.2 Å². The van der Waals surface area contributed by atoms with E-state index in [1.165, 1.54) is 0 Å². The van der Waals surface area contributed by atoms with Crippen LogP contribution in [0, 0.1) is 0 Å². The molecule has 1 atom stereocenters. The highest BCUT2D eigenvalue weighted by Crippen LogP contribution is 2.36. The molecule has 1 spiro atoms. The maximum absolute atomic E-state index is 6.27. The van der Waals surface area contributed by atoms with E-state index in [1.54, 1.807) is 0 Å². The van der Waals surface area contributed by atoms with Crippen LogP contribution in [0.5, 0.6) is 5.75 Å². The van der Waals surface area contributed by atoms with E-state index in [4.69, 9.17) is 30.5 Å². The SMILES string of the molecule is CC1CN(Cc2cc(Cl)cc3c2OCOC3)C2(COC2)CO1. The van der Waals surface area contributed by atoms with Crippen molar-refractivity contribution in [1.82, 2.24) is 4.90 Å². The molecule has 2 fully saturated rings. The van der Waals surface area contributed by atoms with E-state index in [9.17, 15) is 0 Å². The van der Waals surface area contributed by atoms with Gasteiger partial charge in [0, 0.05) is 29.2 Å². The number of benzene rings is 1. The molecular weight excluding hydrogens is 306 g/mol. The molecular formula is C16H20ClNO4. The molecule has 0 radical (unpaired) electrons. The fourth-order valence-electron chi connectivity index (χ4n) is 3.36. The van der Waals surface area contributed by atoms with Crippen molar-refractivity contribution >= 4 is 11.6 Å². The van der Waals surface area contributed by atoms with Gasteiger partial charge in [0.1, 0.15) is 5.75 Å². The maximum atomic E-state index is 6.27. The summed E-state index contributed by atoms with van der Waals surface area (Å²) in [6, 6.07) is 3.92. The lowest BCUT2D eigenvalue weighted by Gasteiger charge is -2.53. The van der Waals surface area contributed by atoms with E-state index >= 15 is 0 Å². The molecule has 0 saturated carbocycles. The van der Waals surface area contributed by atoms with Gasteiger partial charge in [-0.25, -0.2) is 0 Å². The first-order valence-corrected chi connectivity index (χ1v) is 8.00. The summed E-state index contributed by atoms with van der Waals surface area (Å²) in [5.41, 5.74) is 2.15. The number of morpholine rings is 1. The lowest BCUT2D eigenvalue weighted by Crippen LogP contribution is -2.68. The van der Waals surface area contributed by atoms with Gasteiger partial charge in [0.05, 0.1) is 38.1 Å². The molecule has 0 bridgehead atoms. The molecule has 3 aliphatic rings. The van der Waals surface area contributed by atoms with Crippen LogP contribution in [0.3, 0.4) is 0 Å². The number of halogens is 1. The molecule has 0 aliphatic carbocycles. The van der Waals surface area contributed by atoms with Crippen LogP contribution in [0.25, 0.3) is 0 Å². The van der Waals surface area contributed by atoms with E-state index in [-0.39, 0.29) is 11.6 Å². The van der Waals surface area contributed by atoms with Crippen molar-refractivity contribution in [1.29, 1.82) is 0 Å². The Morgan fingerprint density at radius 2 is 2.14 bits per heavy atom. The summed E-state index contributed by atoms with van der Waals surface area (Å²) in [4.78, 5) is 2.45. The maximum Gasteiger partial charge on any atom is 0.189 e. The minimum atomic E-state index is 0.00682. The Morgan fingerprint density at radius 1 is 1.27 bits per heavy atom. The van der Waals surface area contributed by atoms with E-state index in [2.05, 4.69) is 11.8 Å². The average Bonchev–Trinajstić information content (AvgIpc) is 2.45. The van der Waals surface area contributed by atoms with Crippen molar-refractivity contribution < 1.29 is 18.9 Å². The largest absolute Gasteiger partial charge is 0.467 e. The van der Waals surface area contributed by atoms with Gasteiger partial charge in [-0.2, -0.15) is 0 Å². The molecule has 6 heteroatoms. The van der Waals surface area contributed by atoms with Crippen LogP contribution < -0.4 is 4.74 Å². The minimum Gasteiger partial charge on any atom is -0.467 e. The van der Waals surface area contributed by atoms with E-state index < -0.39 is 0 Å². The monoisotopic (exact) mass is 325 g/mol. The van der Waals surface area contributed by atoms with Gasteiger partial charge >= 0.3 is 0 Å². The van der Waals surface area contributed by atoms with E-state index in [1.807, 2.05) is 12.1 Å². The molecule has 0 amide bonds. The predicted octanol–water partition coefficient (Wildman–Crippen LogP) is 2.20. The quantitative estimate of drug-likeness (QED) is 0.833. The standard InChI is InChI=1S/C16H20ClNO4/c1-11-4-18(16(9-21-11)7-20-8-16)5-12-2-14(17)3-13-6-19-10-22-15(12)13/h2-3,11H,4-10H2,1H3. The van der Waals surface area contributed by atoms with Crippen LogP contribution in [-0.2, 0) is 27.4 Å². The average molecular weight is 326 g/mol. The van der Waals surface area contributed by atoms with Crippen LogP contribution >= 0.6 is 11.6 Å². The highest BCUT2D eigenvalue weighted by molar-refractivity contribution is 6.30. The Morgan fingerprint density at radius 3 is 2.91 bits per heavy atom. The lowest BCUT2D eigenvalue weighted by atomic mass is 9.92. The van der Waals surface area contributed by atoms with Gasteiger partial charge in [-0.1, -0.05) is 11.6 Å². The molecule has 22 heavy (non-hydrogen) atoms. The van der Waals surface area contributed by atoms with Gasteiger partial charge < -0.3 is 18.9 Å². The summed E-state index contributed by atoms with van der Waals surface area (Å²) in [7, 11) is 0. The van der Waals surface area contributed by atoms with Crippen molar-refractivity contribution in [2.24, 2.45) is 0 Å². The minimum absolute atomic E-state index is 0.00682. The van der Waals surface area contributed by atoms with E-state index in [0.717, 1.165) is 54.8 Å². The Balaban J connectivity index is 1.63. The zero-order chi connectivity index (χ0) is 15.2. The molecule has 1 aromatic rings.